The van der Waals surface area contributed by atoms with E-state index in [9.17, 15) is 0 Å². The Hall–Kier alpha value is -0.190. The van der Waals surface area contributed by atoms with Gasteiger partial charge in [0.2, 0.25) is 0 Å². The molecule has 2 heterocycles. The van der Waals surface area contributed by atoms with Crippen LogP contribution < -0.4 is 10.1 Å². The highest BCUT2D eigenvalue weighted by Gasteiger charge is 2.22. The molecule has 0 radical (unpaired) electrons. The van der Waals surface area contributed by atoms with Crippen LogP contribution in [0.15, 0.2) is 16.6 Å². The first-order valence-electron chi connectivity index (χ1n) is 7.95. The molecule has 0 saturated carbocycles. The van der Waals surface area contributed by atoms with E-state index in [2.05, 4.69) is 52.2 Å². The van der Waals surface area contributed by atoms with Crippen LogP contribution in [0.5, 0.6) is 5.75 Å². The summed E-state index contributed by atoms with van der Waals surface area (Å²) in [5.41, 5.74) is 2.73. The van der Waals surface area contributed by atoms with Crippen LogP contribution in [0.4, 0.5) is 0 Å². The van der Waals surface area contributed by atoms with Gasteiger partial charge in [0.15, 0.2) is 0 Å². The summed E-state index contributed by atoms with van der Waals surface area (Å²) in [6.45, 7) is 0.836. The second-order valence-electron chi connectivity index (χ2n) is 6.13. The average molecular weight is 370 g/mol. The van der Waals surface area contributed by atoms with Crippen molar-refractivity contribution in [2.24, 2.45) is 5.92 Å². The number of hydrogen-bond acceptors (Lipinski definition) is 3. The largest absolute Gasteiger partial charge is 0.493 e. The maximum atomic E-state index is 5.87. The molecule has 2 nitrogen and oxygen atoms in total. The molecule has 1 fully saturated rings. The van der Waals surface area contributed by atoms with Crippen molar-refractivity contribution < 1.29 is 4.74 Å². The highest BCUT2D eigenvalue weighted by atomic mass is 79.9. The number of nitrogens with one attached hydrogen (secondary N) is 1. The van der Waals surface area contributed by atoms with Crippen molar-refractivity contribution in [2.45, 2.75) is 38.1 Å². The molecule has 1 atom stereocenters. The third-order valence-electron chi connectivity index (χ3n) is 4.66. The molecule has 2 aliphatic heterocycles. The molecule has 0 spiro atoms. The fraction of sp³-hybridized carbons (Fsp3) is 0.647. The monoisotopic (exact) mass is 369 g/mol. The first-order chi connectivity index (χ1) is 10.3. The van der Waals surface area contributed by atoms with Gasteiger partial charge < -0.3 is 10.1 Å². The highest BCUT2D eigenvalue weighted by molar-refractivity contribution is 9.10. The lowest BCUT2D eigenvalue weighted by atomic mass is 9.90. The van der Waals surface area contributed by atoms with E-state index < -0.39 is 0 Å². The Morgan fingerprint density at radius 2 is 2.19 bits per heavy atom. The fourth-order valence-corrected chi connectivity index (χ4v) is 5.21. The second kappa shape index (κ2) is 7.38. The minimum absolute atomic E-state index is 0.556. The van der Waals surface area contributed by atoms with E-state index in [1.807, 2.05) is 0 Å². The molecule has 1 aromatic rings. The van der Waals surface area contributed by atoms with Crippen molar-refractivity contribution in [3.63, 3.8) is 0 Å². The van der Waals surface area contributed by atoms with Crippen molar-refractivity contribution in [3.8, 4) is 5.75 Å². The van der Waals surface area contributed by atoms with Crippen LogP contribution in [-0.4, -0.2) is 31.2 Å². The van der Waals surface area contributed by atoms with E-state index in [0.29, 0.717) is 6.04 Å². The van der Waals surface area contributed by atoms with Gasteiger partial charge in [-0.25, -0.2) is 0 Å². The fourth-order valence-electron chi connectivity index (χ4n) is 3.45. The van der Waals surface area contributed by atoms with Crippen molar-refractivity contribution in [2.75, 3.05) is 25.2 Å². The molecule has 0 aromatic heterocycles. The van der Waals surface area contributed by atoms with E-state index in [-0.39, 0.29) is 0 Å². The number of halogens is 1. The quantitative estimate of drug-likeness (QED) is 0.845. The molecule has 0 bridgehead atoms. The Labute approximate surface area is 140 Å². The lowest BCUT2D eigenvalue weighted by Gasteiger charge is -2.26. The summed E-state index contributed by atoms with van der Waals surface area (Å²) in [6, 6.07) is 5.00. The van der Waals surface area contributed by atoms with Gasteiger partial charge in [-0.2, -0.15) is 11.8 Å². The standard InChI is InChI=1S/C17H24BrNOS/c1-19-16(8-12-3-6-21-7-4-12)11-14-10-15(18)9-13-2-5-20-17(13)14/h9-10,12,16,19H,2-8,11H2,1H3. The molecule has 116 valence electrons. The van der Waals surface area contributed by atoms with Crippen LogP contribution in [0.2, 0.25) is 0 Å². The molecule has 1 unspecified atom stereocenters. The number of likely N-dealkylation sites (N-methyl/N-ethyl adjacent to an activating group) is 1. The van der Waals surface area contributed by atoms with E-state index in [1.165, 1.54) is 46.4 Å². The lowest BCUT2D eigenvalue weighted by Crippen LogP contribution is -2.31. The van der Waals surface area contributed by atoms with Crippen LogP contribution >= 0.6 is 27.7 Å². The lowest BCUT2D eigenvalue weighted by molar-refractivity contribution is 0.345. The van der Waals surface area contributed by atoms with Gasteiger partial charge in [-0.3, -0.25) is 0 Å². The Morgan fingerprint density at radius 1 is 1.38 bits per heavy atom. The summed E-state index contributed by atoms with van der Waals surface area (Å²) in [7, 11) is 2.10. The maximum Gasteiger partial charge on any atom is 0.125 e. The normalized spacial score (nSPS) is 20.1. The predicted molar refractivity (Wildman–Crippen MR) is 94.6 cm³/mol. The van der Waals surface area contributed by atoms with Crippen molar-refractivity contribution in [1.82, 2.24) is 5.32 Å². The van der Waals surface area contributed by atoms with E-state index in [4.69, 9.17) is 4.74 Å². The average Bonchev–Trinajstić information content (AvgIpc) is 2.96. The van der Waals surface area contributed by atoms with Crippen molar-refractivity contribution in [1.29, 1.82) is 0 Å². The van der Waals surface area contributed by atoms with Gasteiger partial charge in [-0.1, -0.05) is 15.9 Å². The zero-order valence-electron chi connectivity index (χ0n) is 12.7. The number of ether oxygens (including phenoxy) is 1. The van der Waals surface area contributed by atoms with Gasteiger partial charge >= 0.3 is 0 Å². The number of thioether (sulfide) groups is 1. The SMILES string of the molecule is CNC(Cc1cc(Br)cc2c1OCC2)CC1CCSCC1. The maximum absolute atomic E-state index is 5.87. The van der Waals surface area contributed by atoms with Crippen LogP contribution in [0.1, 0.15) is 30.4 Å². The Balaban J connectivity index is 1.69. The predicted octanol–water partition coefficient (Wildman–Crippen LogP) is 4.05. The zero-order valence-corrected chi connectivity index (χ0v) is 15.1. The van der Waals surface area contributed by atoms with Crippen LogP contribution in [-0.2, 0) is 12.8 Å². The first kappa shape index (κ1) is 15.7. The number of hydrogen-bond donors (Lipinski definition) is 1. The number of rotatable bonds is 5. The first-order valence-corrected chi connectivity index (χ1v) is 9.90. The van der Waals surface area contributed by atoms with E-state index in [0.717, 1.165) is 31.1 Å². The third kappa shape index (κ3) is 3.96. The zero-order chi connectivity index (χ0) is 14.7. The van der Waals surface area contributed by atoms with Crippen LogP contribution in [0.3, 0.4) is 0 Å². The van der Waals surface area contributed by atoms with Gasteiger partial charge in [-0.05, 0) is 73.4 Å². The van der Waals surface area contributed by atoms with Gasteiger partial charge in [0.25, 0.3) is 0 Å². The molecule has 3 rings (SSSR count). The minimum atomic E-state index is 0.556. The summed E-state index contributed by atoms with van der Waals surface area (Å²) in [5.74, 6) is 4.73. The van der Waals surface area contributed by atoms with Crippen LogP contribution in [0, 0.1) is 5.92 Å². The number of fused-ring (bicyclic) bond motifs is 1. The topological polar surface area (TPSA) is 21.3 Å². The van der Waals surface area contributed by atoms with Gasteiger partial charge in [-0.15, -0.1) is 0 Å². The van der Waals surface area contributed by atoms with Crippen LogP contribution in [0.25, 0.3) is 0 Å². The molecule has 21 heavy (non-hydrogen) atoms. The Kier molecular flexibility index (Phi) is 5.52. The van der Waals surface area contributed by atoms with E-state index in [1.54, 1.807) is 0 Å². The molecule has 1 saturated heterocycles. The molecule has 0 amide bonds. The van der Waals surface area contributed by atoms with Gasteiger partial charge in [0.1, 0.15) is 5.75 Å². The Morgan fingerprint density at radius 3 is 2.95 bits per heavy atom. The number of benzene rings is 1. The molecule has 4 heteroatoms. The van der Waals surface area contributed by atoms with E-state index >= 15 is 0 Å². The summed E-state index contributed by atoms with van der Waals surface area (Å²) in [6.07, 6.45) is 6.18. The summed E-state index contributed by atoms with van der Waals surface area (Å²) in [5, 5.41) is 3.53. The molecular formula is C17H24BrNOS. The summed E-state index contributed by atoms with van der Waals surface area (Å²) >= 11 is 5.76. The minimum Gasteiger partial charge on any atom is -0.493 e. The molecule has 1 N–H and O–H groups in total. The van der Waals surface area contributed by atoms with Crippen molar-refractivity contribution in [3.05, 3.63) is 27.7 Å². The highest BCUT2D eigenvalue weighted by Crippen LogP contribution is 2.35. The van der Waals surface area contributed by atoms with Gasteiger partial charge in [0, 0.05) is 16.9 Å². The summed E-state index contributed by atoms with van der Waals surface area (Å²) < 4.78 is 7.05. The third-order valence-corrected chi connectivity index (χ3v) is 6.17. The Bertz CT molecular complexity index is 488. The molecule has 1 aromatic carbocycles. The van der Waals surface area contributed by atoms with Gasteiger partial charge in [0.05, 0.1) is 6.61 Å². The molecular weight excluding hydrogens is 346 g/mol. The molecule has 0 aliphatic carbocycles. The summed E-state index contributed by atoms with van der Waals surface area (Å²) in [4.78, 5) is 0. The molecule has 2 aliphatic rings. The van der Waals surface area contributed by atoms with Crippen molar-refractivity contribution >= 4 is 27.7 Å². The second-order valence-corrected chi connectivity index (χ2v) is 8.27. The smallest absolute Gasteiger partial charge is 0.125 e.